The van der Waals surface area contributed by atoms with Crippen molar-refractivity contribution >= 4 is 15.9 Å². The fourth-order valence-electron chi connectivity index (χ4n) is 1.43. The lowest BCUT2D eigenvalue weighted by molar-refractivity contribution is 0.755. The summed E-state index contributed by atoms with van der Waals surface area (Å²) in [7, 11) is 0. The van der Waals surface area contributed by atoms with Crippen LogP contribution in [-0.4, -0.2) is 15.0 Å². The first-order valence-corrected chi connectivity index (χ1v) is 5.81. The summed E-state index contributed by atoms with van der Waals surface area (Å²) in [5.41, 5.74) is 8.69. The first-order valence-electron chi connectivity index (χ1n) is 5.02. The maximum Gasteiger partial charge on any atom is 0.0995 e. The van der Waals surface area contributed by atoms with Crippen molar-refractivity contribution in [3.8, 4) is 5.69 Å². The van der Waals surface area contributed by atoms with E-state index >= 15 is 0 Å². The highest BCUT2D eigenvalue weighted by atomic mass is 79.9. The third-order valence-corrected chi connectivity index (χ3v) is 2.89. The number of benzene rings is 1. The van der Waals surface area contributed by atoms with Crippen LogP contribution in [-0.2, 0) is 0 Å². The standard InChI is InChI=1S/C11H13BrN4/c1-7-3-4-9(12)5-11(7)16-6-10(8(2)13)14-15-16/h3-6,8H,13H2,1-2H3. The number of hydrogen-bond acceptors (Lipinski definition) is 3. The molecule has 2 N–H and O–H groups in total. The van der Waals surface area contributed by atoms with Crippen LogP contribution in [0.2, 0.25) is 0 Å². The lowest BCUT2D eigenvalue weighted by Gasteiger charge is -2.05. The Morgan fingerprint density at radius 2 is 2.19 bits per heavy atom. The Labute approximate surface area is 103 Å². The van der Waals surface area contributed by atoms with E-state index in [2.05, 4.69) is 26.2 Å². The van der Waals surface area contributed by atoms with E-state index in [-0.39, 0.29) is 6.04 Å². The molecular formula is C11H13BrN4. The van der Waals surface area contributed by atoms with Gasteiger partial charge in [0.15, 0.2) is 0 Å². The van der Waals surface area contributed by atoms with Crippen molar-refractivity contribution in [3.05, 3.63) is 40.1 Å². The fraction of sp³-hybridized carbons (Fsp3) is 0.273. The zero-order valence-corrected chi connectivity index (χ0v) is 10.8. The van der Waals surface area contributed by atoms with Crippen LogP contribution in [0.1, 0.15) is 24.2 Å². The summed E-state index contributed by atoms with van der Waals surface area (Å²) >= 11 is 3.44. The number of aromatic nitrogens is 3. The van der Waals surface area contributed by atoms with Crippen LogP contribution < -0.4 is 5.73 Å². The first-order chi connectivity index (χ1) is 7.58. The van der Waals surface area contributed by atoms with Gasteiger partial charge < -0.3 is 5.73 Å². The maximum atomic E-state index is 5.75. The predicted molar refractivity (Wildman–Crippen MR) is 66.4 cm³/mol. The molecule has 0 saturated heterocycles. The van der Waals surface area contributed by atoms with E-state index < -0.39 is 0 Å². The minimum Gasteiger partial charge on any atom is -0.323 e. The Morgan fingerprint density at radius 3 is 2.81 bits per heavy atom. The van der Waals surface area contributed by atoms with Crippen LogP contribution in [0.4, 0.5) is 0 Å². The van der Waals surface area contributed by atoms with Gasteiger partial charge in [-0.1, -0.05) is 27.2 Å². The summed E-state index contributed by atoms with van der Waals surface area (Å²) in [5, 5.41) is 8.11. The van der Waals surface area contributed by atoms with Crippen LogP contribution in [0, 0.1) is 6.92 Å². The number of halogens is 1. The number of nitrogens with zero attached hydrogens (tertiary/aromatic N) is 3. The molecule has 0 aliphatic rings. The summed E-state index contributed by atoms with van der Waals surface area (Å²) in [4.78, 5) is 0. The van der Waals surface area contributed by atoms with Gasteiger partial charge in [0.1, 0.15) is 0 Å². The zero-order valence-electron chi connectivity index (χ0n) is 9.18. The Bertz CT molecular complexity index is 504. The first kappa shape index (κ1) is 11.3. The van der Waals surface area contributed by atoms with Gasteiger partial charge in [-0.25, -0.2) is 4.68 Å². The molecule has 2 rings (SSSR count). The summed E-state index contributed by atoms with van der Waals surface area (Å²) in [6.07, 6.45) is 1.86. The summed E-state index contributed by atoms with van der Waals surface area (Å²) in [5.74, 6) is 0. The molecular weight excluding hydrogens is 268 g/mol. The van der Waals surface area contributed by atoms with Crippen LogP contribution in [0.15, 0.2) is 28.9 Å². The van der Waals surface area contributed by atoms with Crippen molar-refractivity contribution in [1.29, 1.82) is 0 Å². The number of aryl methyl sites for hydroxylation is 1. The van der Waals surface area contributed by atoms with E-state index in [1.165, 1.54) is 0 Å². The van der Waals surface area contributed by atoms with Gasteiger partial charge in [-0.3, -0.25) is 0 Å². The quantitative estimate of drug-likeness (QED) is 0.919. The lowest BCUT2D eigenvalue weighted by Crippen LogP contribution is -2.05. The molecule has 0 fully saturated rings. The molecule has 1 heterocycles. The highest BCUT2D eigenvalue weighted by Crippen LogP contribution is 2.19. The second-order valence-electron chi connectivity index (χ2n) is 3.81. The van der Waals surface area contributed by atoms with Crippen molar-refractivity contribution in [2.45, 2.75) is 19.9 Å². The molecule has 0 saturated carbocycles. The SMILES string of the molecule is Cc1ccc(Br)cc1-n1cc(C(C)N)nn1. The van der Waals surface area contributed by atoms with Gasteiger partial charge in [0.25, 0.3) is 0 Å². The smallest absolute Gasteiger partial charge is 0.0995 e. The van der Waals surface area contributed by atoms with Crippen LogP contribution in [0.5, 0.6) is 0 Å². The summed E-state index contributed by atoms with van der Waals surface area (Å²) < 4.78 is 2.77. The maximum absolute atomic E-state index is 5.75. The van der Waals surface area contributed by atoms with Crippen LogP contribution in [0.3, 0.4) is 0 Å². The van der Waals surface area contributed by atoms with Crippen molar-refractivity contribution in [2.24, 2.45) is 5.73 Å². The van der Waals surface area contributed by atoms with E-state index in [1.807, 2.05) is 38.2 Å². The minimum atomic E-state index is -0.0961. The molecule has 84 valence electrons. The molecule has 1 unspecified atom stereocenters. The summed E-state index contributed by atoms with van der Waals surface area (Å²) in [6.45, 7) is 3.93. The molecule has 0 radical (unpaired) electrons. The minimum absolute atomic E-state index is 0.0961. The van der Waals surface area contributed by atoms with Crippen molar-refractivity contribution in [2.75, 3.05) is 0 Å². The van der Waals surface area contributed by atoms with Crippen molar-refractivity contribution in [1.82, 2.24) is 15.0 Å². The molecule has 0 amide bonds. The molecule has 1 atom stereocenters. The second kappa shape index (κ2) is 4.35. The third kappa shape index (κ3) is 2.15. The number of hydrogen-bond donors (Lipinski definition) is 1. The van der Waals surface area contributed by atoms with Gasteiger partial charge in [-0.15, -0.1) is 5.10 Å². The summed E-state index contributed by atoms with van der Waals surface area (Å²) in [6, 6.07) is 5.95. The van der Waals surface area contributed by atoms with Crippen molar-refractivity contribution < 1.29 is 0 Å². The number of nitrogens with two attached hydrogens (primary N) is 1. The van der Waals surface area contributed by atoms with Crippen molar-refractivity contribution in [3.63, 3.8) is 0 Å². The van der Waals surface area contributed by atoms with Gasteiger partial charge in [0, 0.05) is 10.5 Å². The van der Waals surface area contributed by atoms with Gasteiger partial charge in [0.05, 0.1) is 17.6 Å². The van der Waals surface area contributed by atoms with Crippen LogP contribution >= 0.6 is 15.9 Å². The Morgan fingerprint density at radius 1 is 1.44 bits per heavy atom. The van der Waals surface area contributed by atoms with E-state index in [9.17, 15) is 0 Å². The van der Waals surface area contributed by atoms with Gasteiger partial charge in [-0.2, -0.15) is 0 Å². The zero-order chi connectivity index (χ0) is 11.7. The van der Waals surface area contributed by atoms with E-state index in [0.717, 1.165) is 21.4 Å². The van der Waals surface area contributed by atoms with Gasteiger partial charge >= 0.3 is 0 Å². The normalized spacial score (nSPS) is 12.8. The fourth-order valence-corrected chi connectivity index (χ4v) is 1.78. The van der Waals surface area contributed by atoms with E-state index in [4.69, 9.17) is 5.73 Å². The second-order valence-corrected chi connectivity index (χ2v) is 4.72. The van der Waals surface area contributed by atoms with E-state index in [1.54, 1.807) is 4.68 Å². The number of rotatable bonds is 2. The lowest BCUT2D eigenvalue weighted by atomic mass is 10.2. The molecule has 0 aliphatic heterocycles. The molecule has 1 aromatic heterocycles. The molecule has 16 heavy (non-hydrogen) atoms. The third-order valence-electron chi connectivity index (χ3n) is 2.40. The molecule has 4 nitrogen and oxygen atoms in total. The average Bonchev–Trinajstić information content (AvgIpc) is 2.70. The Kier molecular flexibility index (Phi) is 3.07. The molecule has 0 aliphatic carbocycles. The highest BCUT2D eigenvalue weighted by Gasteiger charge is 2.08. The topological polar surface area (TPSA) is 56.7 Å². The average molecular weight is 281 g/mol. The monoisotopic (exact) mass is 280 g/mol. The van der Waals surface area contributed by atoms with Gasteiger partial charge in [-0.05, 0) is 31.5 Å². The Hall–Kier alpha value is -1.20. The molecule has 5 heteroatoms. The van der Waals surface area contributed by atoms with E-state index in [0.29, 0.717) is 0 Å². The molecule has 1 aromatic carbocycles. The Balaban J connectivity index is 2.46. The highest BCUT2D eigenvalue weighted by molar-refractivity contribution is 9.10. The molecule has 0 spiro atoms. The predicted octanol–water partition coefficient (Wildman–Crippen LogP) is 2.36. The molecule has 0 bridgehead atoms. The molecule has 2 aromatic rings. The van der Waals surface area contributed by atoms with Crippen LogP contribution in [0.25, 0.3) is 5.69 Å². The largest absolute Gasteiger partial charge is 0.323 e. The van der Waals surface area contributed by atoms with Gasteiger partial charge in [0.2, 0.25) is 0 Å².